The molecule has 0 saturated carbocycles. The van der Waals surface area contributed by atoms with Gasteiger partial charge in [0.1, 0.15) is 24.7 Å². The molecule has 17 heteroatoms. The molecule has 326 valence electrons. The van der Waals surface area contributed by atoms with E-state index in [1.54, 1.807) is 13.8 Å². The van der Waals surface area contributed by atoms with Gasteiger partial charge in [0.05, 0.1) is 25.4 Å². The summed E-state index contributed by atoms with van der Waals surface area (Å²) in [6.45, 7) is 23.0. The quantitative estimate of drug-likeness (QED) is 0.121. The molecule has 7 atom stereocenters. The van der Waals surface area contributed by atoms with E-state index in [-0.39, 0.29) is 23.3 Å². The van der Waals surface area contributed by atoms with Crippen molar-refractivity contribution < 1.29 is 27.4 Å². The van der Waals surface area contributed by atoms with Gasteiger partial charge < -0.3 is 27.4 Å². The maximum Gasteiger partial charge on any atom is 0.330 e. The Bertz CT molecular complexity index is 2300. The van der Waals surface area contributed by atoms with Crippen molar-refractivity contribution in [2.24, 2.45) is 0 Å². The highest BCUT2D eigenvalue weighted by Crippen LogP contribution is 2.45. The summed E-state index contributed by atoms with van der Waals surface area (Å²) in [4.78, 5) is 55.5. The number of benzene rings is 2. The Hall–Kier alpha value is -3.58. The Balaban J connectivity index is 1.29. The smallest absolute Gasteiger partial charge is 0.330 e. The molecule has 4 aromatic rings. The molecule has 14 nitrogen and oxygen atoms in total. The summed E-state index contributed by atoms with van der Waals surface area (Å²) in [6.07, 6.45) is 0.0767. The normalized spacial score (nSPS) is 23.2. The van der Waals surface area contributed by atoms with Gasteiger partial charge in [-0.3, -0.25) is 28.7 Å². The molecule has 2 fully saturated rings. The minimum atomic E-state index is -3.09. The third kappa shape index (κ3) is 9.72. The number of H-pyrrole nitrogens is 2. The van der Waals surface area contributed by atoms with Gasteiger partial charge in [0.2, 0.25) is 0 Å². The van der Waals surface area contributed by atoms with Crippen molar-refractivity contribution in [1.29, 1.82) is 0 Å². The maximum absolute atomic E-state index is 13.2. The first kappa shape index (κ1) is 45.9. The van der Waals surface area contributed by atoms with Crippen LogP contribution in [0.3, 0.4) is 0 Å². The molecule has 1 unspecified atom stereocenters. The number of rotatable bonds is 14. The number of ether oxygens (including phenoxy) is 2. The van der Waals surface area contributed by atoms with E-state index in [1.165, 1.54) is 21.5 Å². The summed E-state index contributed by atoms with van der Waals surface area (Å²) in [5.41, 5.74) is -1.25. The van der Waals surface area contributed by atoms with Crippen LogP contribution >= 0.6 is 8.38 Å². The molecule has 0 spiro atoms. The van der Waals surface area contributed by atoms with Crippen LogP contribution in [-0.2, 0) is 27.4 Å². The van der Waals surface area contributed by atoms with Gasteiger partial charge in [-0.1, -0.05) is 102 Å². The summed E-state index contributed by atoms with van der Waals surface area (Å²) in [6, 6.07) is 20.6. The van der Waals surface area contributed by atoms with Crippen LogP contribution < -0.4 is 32.9 Å². The van der Waals surface area contributed by atoms with Gasteiger partial charge >= 0.3 is 11.4 Å². The van der Waals surface area contributed by atoms with E-state index in [0.29, 0.717) is 24.0 Å². The average Bonchev–Trinajstić information content (AvgIpc) is 3.77. The highest BCUT2D eigenvalue weighted by atomic mass is 31.2. The number of hydrogen-bond donors (Lipinski definition) is 2. The molecular formula is C43H61N4O10PSi2. The molecule has 2 saturated heterocycles. The predicted molar refractivity (Wildman–Crippen MR) is 238 cm³/mol. The molecule has 60 heavy (non-hydrogen) atoms. The number of nitrogens with one attached hydrogen (secondary N) is 2. The zero-order valence-electron chi connectivity index (χ0n) is 36.6. The second-order valence-corrected chi connectivity index (χ2v) is 28.9. The van der Waals surface area contributed by atoms with Crippen LogP contribution in [0.2, 0.25) is 23.2 Å². The molecule has 0 radical (unpaired) electrons. The number of aromatic amines is 2. The topological polar surface area (TPSA) is 165 Å². The highest BCUT2D eigenvalue weighted by molar-refractivity contribution is 7.46. The van der Waals surface area contributed by atoms with E-state index in [0.717, 1.165) is 10.4 Å². The Labute approximate surface area is 354 Å². The molecule has 0 amide bonds. The van der Waals surface area contributed by atoms with E-state index in [4.69, 9.17) is 27.4 Å². The van der Waals surface area contributed by atoms with Gasteiger partial charge in [-0.25, -0.2) is 9.59 Å². The van der Waals surface area contributed by atoms with Crippen molar-refractivity contribution in [3.8, 4) is 0 Å². The van der Waals surface area contributed by atoms with Gasteiger partial charge in [0.15, 0.2) is 16.7 Å². The number of hydrogen-bond acceptors (Lipinski definition) is 10. The summed E-state index contributed by atoms with van der Waals surface area (Å²) in [7, 11) is -6.84. The SMILES string of the molecule is Cc1cn([C@H]2C[C@H](OP(C)OC[C@H]3O[C@@H](n4cc(C)c(=O)[nH]c4=O)C[C@@H]3O[Si](c3ccccc3)(c3ccccc3)C(C)(C)C)[C@@H](CO[Si](C)(C)C(C)(C)C)O2)c(=O)[nH]c1=O. The van der Waals surface area contributed by atoms with Crippen molar-refractivity contribution in [2.45, 2.75) is 128 Å². The lowest BCUT2D eigenvalue weighted by Gasteiger charge is -2.45. The fourth-order valence-electron chi connectivity index (χ4n) is 7.70. The second kappa shape index (κ2) is 18.0. The molecule has 2 aliphatic heterocycles. The lowest BCUT2D eigenvalue weighted by molar-refractivity contribution is -0.0465. The van der Waals surface area contributed by atoms with Crippen LogP contribution in [0, 0.1) is 13.8 Å². The first-order valence-electron chi connectivity index (χ1n) is 20.5. The van der Waals surface area contributed by atoms with Crippen LogP contribution in [-0.4, -0.2) is 80.0 Å². The van der Waals surface area contributed by atoms with Crippen LogP contribution in [0.15, 0.2) is 92.2 Å². The Morgan fingerprint density at radius 2 is 1.15 bits per heavy atom. The lowest BCUT2D eigenvalue weighted by atomic mass is 10.2. The Kier molecular flexibility index (Phi) is 13.8. The molecule has 2 aliphatic rings. The van der Waals surface area contributed by atoms with Crippen LogP contribution in [0.5, 0.6) is 0 Å². The van der Waals surface area contributed by atoms with Crippen LogP contribution in [0.25, 0.3) is 0 Å². The monoisotopic (exact) mass is 880 g/mol. The molecule has 2 aromatic carbocycles. The number of aryl methyl sites for hydroxylation is 2. The third-order valence-electron chi connectivity index (χ3n) is 12.1. The maximum atomic E-state index is 13.2. The van der Waals surface area contributed by atoms with Crippen molar-refractivity contribution in [3.05, 3.63) is 126 Å². The van der Waals surface area contributed by atoms with E-state index in [1.807, 2.05) is 43.1 Å². The minimum Gasteiger partial charge on any atom is -0.414 e. The number of nitrogens with zero attached hydrogens (tertiary/aromatic N) is 2. The first-order chi connectivity index (χ1) is 28.1. The lowest BCUT2D eigenvalue weighted by Crippen LogP contribution is -2.68. The molecule has 2 aromatic heterocycles. The third-order valence-corrected chi connectivity index (χ3v) is 22.8. The number of aromatic nitrogens is 4. The summed E-state index contributed by atoms with van der Waals surface area (Å²) in [5, 5.41) is 1.82. The fourth-order valence-corrected chi connectivity index (χ4v) is 14.5. The van der Waals surface area contributed by atoms with Gasteiger partial charge in [0, 0.05) is 43.0 Å². The Morgan fingerprint density at radius 1 is 0.700 bits per heavy atom. The molecule has 0 aliphatic carbocycles. The highest BCUT2D eigenvalue weighted by Gasteiger charge is 2.54. The van der Waals surface area contributed by atoms with Crippen LogP contribution in [0.4, 0.5) is 0 Å². The zero-order chi connectivity index (χ0) is 43.8. The van der Waals surface area contributed by atoms with E-state index >= 15 is 0 Å². The van der Waals surface area contributed by atoms with E-state index in [2.05, 4.69) is 88.9 Å². The molecule has 0 bridgehead atoms. The summed E-state index contributed by atoms with van der Waals surface area (Å²) < 4.78 is 43.4. The molecule has 2 N–H and O–H groups in total. The molecule has 4 heterocycles. The molecular weight excluding hydrogens is 820 g/mol. The van der Waals surface area contributed by atoms with Crippen molar-refractivity contribution in [1.82, 2.24) is 19.1 Å². The van der Waals surface area contributed by atoms with Crippen LogP contribution in [0.1, 0.15) is 78.0 Å². The summed E-state index contributed by atoms with van der Waals surface area (Å²) >= 11 is 0. The first-order valence-corrected chi connectivity index (χ1v) is 27.0. The van der Waals surface area contributed by atoms with Gasteiger partial charge in [-0.05, 0) is 47.4 Å². The largest absolute Gasteiger partial charge is 0.414 e. The fraction of sp³-hybridized carbons (Fsp3) is 0.535. The van der Waals surface area contributed by atoms with Gasteiger partial charge in [0.25, 0.3) is 19.4 Å². The Morgan fingerprint density at radius 3 is 1.60 bits per heavy atom. The van der Waals surface area contributed by atoms with E-state index < -0.39 is 84.4 Å². The zero-order valence-corrected chi connectivity index (χ0v) is 39.5. The predicted octanol–water partition coefficient (Wildman–Crippen LogP) is 5.59. The second-order valence-electron chi connectivity index (χ2n) is 18.5. The summed E-state index contributed by atoms with van der Waals surface area (Å²) in [5.74, 6) is 0. The van der Waals surface area contributed by atoms with Crippen molar-refractivity contribution >= 4 is 35.4 Å². The molecule has 6 rings (SSSR count). The standard InChI is InChI=1S/C43H61N4O10PSi2/c1-28-24-46(40(50)44-38(28)48)36-22-32(35(55-36)27-53-59(10,11)42(3,4)5)56-58(9)52-26-34-33(23-37(54-34)47-25-29(2)39(49)45-41(47)51)57-60(43(6,7)8,30-18-14-12-15-19-30)31-20-16-13-17-21-31/h12-21,24-25,32-37H,22-23,26-27H2,1-11H3,(H,44,48,50)(H,45,49,51)/t32-,33-,34+,35+,36+,37+,58?/m0/s1. The minimum absolute atomic E-state index is 0.0418. The van der Waals surface area contributed by atoms with E-state index in [9.17, 15) is 19.2 Å². The van der Waals surface area contributed by atoms with Gasteiger partial charge in [-0.15, -0.1) is 0 Å². The van der Waals surface area contributed by atoms with Gasteiger partial charge in [-0.2, -0.15) is 0 Å². The van der Waals surface area contributed by atoms with Crippen molar-refractivity contribution in [2.75, 3.05) is 19.9 Å². The average molecular weight is 881 g/mol. The van der Waals surface area contributed by atoms with Crippen molar-refractivity contribution in [3.63, 3.8) is 0 Å².